The summed E-state index contributed by atoms with van der Waals surface area (Å²) in [5, 5.41) is 19.1. The average Bonchev–Trinajstić information content (AvgIpc) is 2.67. The van der Waals surface area contributed by atoms with Crippen LogP contribution in [-0.4, -0.2) is 56.4 Å². The Kier molecular flexibility index (Phi) is 7.90. The average molecular weight is 445 g/mol. The number of anilines is 1. The summed E-state index contributed by atoms with van der Waals surface area (Å²) in [5.74, 6) is -0.964. The maximum atomic E-state index is 13.9. The molecule has 1 aromatic carbocycles. The zero-order valence-electron chi connectivity index (χ0n) is 15.7. The molecule has 11 heteroatoms. The number of nitrogens with one attached hydrogen (secondary N) is 1. The van der Waals surface area contributed by atoms with Gasteiger partial charge in [-0.2, -0.15) is 4.98 Å². The van der Waals surface area contributed by atoms with Crippen LogP contribution in [0, 0.1) is 11.6 Å². The predicted molar refractivity (Wildman–Crippen MR) is 109 cm³/mol. The molecule has 7 nitrogen and oxygen atoms in total. The van der Waals surface area contributed by atoms with Crippen molar-refractivity contribution in [3.05, 3.63) is 41.5 Å². The maximum absolute atomic E-state index is 13.9. The second-order valence-corrected chi connectivity index (χ2v) is 8.27. The fourth-order valence-corrected chi connectivity index (χ4v) is 3.88. The molecule has 0 saturated carbocycles. The molecular formula is C18H22F2N4O3S2. The molecule has 0 spiro atoms. The molecule has 1 aliphatic heterocycles. The smallest absolute Gasteiger partial charge is 0.219 e. The van der Waals surface area contributed by atoms with Crippen molar-refractivity contribution in [1.82, 2.24) is 14.3 Å². The van der Waals surface area contributed by atoms with Crippen molar-refractivity contribution in [2.75, 3.05) is 24.4 Å². The predicted octanol–water partition coefficient (Wildman–Crippen LogP) is 2.85. The van der Waals surface area contributed by atoms with E-state index >= 15 is 0 Å². The van der Waals surface area contributed by atoms with Crippen LogP contribution in [0.2, 0.25) is 0 Å². The van der Waals surface area contributed by atoms with Crippen LogP contribution < -0.4 is 9.46 Å². The lowest BCUT2D eigenvalue weighted by atomic mass is 10.2. The van der Waals surface area contributed by atoms with E-state index < -0.39 is 30.4 Å². The van der Waals surface area contributed by atoms with Crippen LogP contribution in [0.5, 0.6) is 5.88 Å². The minimum Gasteiger partial charge on any atom is -0.472 e. The Labute approximate surface area is 176 Å². The van der Waals surface area contributed by atoms with Gasteiger partial charge in [0, 0.05) is 42.6 Å². The molecule has 3 rings (SSSR count). The van der Waals surface area contributed by atoms with Crippen molar-refractivity contribution in [3.63, 3.8) is 0 Å². The number of thioether (sulfide) groups is 1. The lowest BCUT2D eigenvalue weighted by Crippen LogP contribution is -2.32. The number of ether oxygens (including phenoxy) is 1. The molecule has 2 heterocycles. The Bertz CT molecular complexity index is 830. The Morgan fingerprint density at radius 3 is 2.79 bits per heavy atom. The zero-order valence-corrected chi connectivity index (χ0v) is 17.3. The standard InChI is InChI=1S/C18H22F2N4O3S2/c1-11(14(26)9-25)27-16-8-15(23-29-24-6-3-7-24)21-18(22-16)28-10-12-4-2-5-13(19)17(12)20/h2,4-5,8,11,14,25-26H,3,6-7,9-10H2,1H3,(H,21,22,23)/t11?,14-/m1/s1. The molecule has 0 radical (unpaired) electrons. The van der Waals surface area contributed by atoms with Crippen molar-refractivity contribution in [1.29, 1.82) is 0 Å². The third-order valence-corrected chi connectivity index (χ3v) is 6.02. The number of nitrogens with zero attached hydrogens (tertiary/aromatic N) is 3. The maximum Gasteiger partial charge on any atom is 0.219 e. The number of aliphatic hydroxyl groups excluding tert-OH is 2. The zero-order chi connectivity index (χ0) is 20.8. The number of hydrogen-bond acceptors (Lipinski definition) is 9. The van der Waals surface area contributed by atoms with Gasteiger partial charge in [-0.3, -0.25) is 0 Å². The molecule has 1 aliphatic rings. The van der Waals surface area contributed by atoms with Crippen molar-refractivity contribution in [2.45, 2.75) is 36.5 Å². The normalized spacial score (nSPS) is 16.2. The van der Waals surface area contributed by atoms with Crippen LogP contribution >= 0.6 is 23.9 Å². The summed E-state index contributed by atoms with van der Waals surface area (Å²) in [4.78, 5) is 8.66. The molecule has 2 atom stereocenters. The topological polar surface area (TPSA) is 90.7 Å². The minimum absolute atomic E-state index is 0.139. The van der Waals surface area contributed by atoms with E-state index in [-0.39, 0.29) is 17.2 Å². The summed E-state index contributed by atoms with van der Waals surface area (Å²) in [6.45, 7) is 3.13. The molecule has 0 bridgehead atoms. The van der Waals surface area contributed by atoms with E-state index in [2.05, 4.69) is 19.0 Å². The van der Waals surface area contributed by atoms with E-state index in [0.717, 1.165) is 37.3 Å². The molecule has 1 unspecified atom stereocenters. The minimum atomic E-state index is -1.06. The van der Waals surface area contributed by atoms with E-state index in [4.69, 9.17) is 9.84 Å². The Morgan fingerprint density at radius 1 is 1.31 bits per heavy atom. The third kappa shape index (κ3) is 6.16. The van der Waals surface area contributed by atoms with Crippen LogP contribution in [0.25, 0.3) is 0 Å². The number of halogens is 2. The first-order valence-corrected chi connectivity index (χ1v) is 10.8. The summed E-state index contributed by atoms with van der Waals surface area (Å²) in [5.41, 5.74) is 0.207. The highest BCUT2D eigenvalue weighted by Gasteiger charge is 2.19. The highest BCUT2D eigenvalue weighted by molar-refractivity contribution is 7.98. The van der Waals surface area contributed by atoms with Gasteiger partial charge in [-0.15, -0.1) is 0 Å². The molecule has 0 aliphatic carbocycles. The second-order valence-electron chi connectivity index (χ2n) is 6.42. The van der Waals surface area contributed by atoms with Gasteiger partial charge in [0.25, 0.3) is 0 Å². The van der Waals surface area contributed by atoms with E-state index in [1.54, 1.807) is 13.0 Å². The van der Waals surface area contributed by atoms with E-state index in [9.17, 15) is 13.9 Å². The van der Waals surface area contributed by atoms with Gasteiger partial charge in [0.05, 0.1) is 6.61 Å². The summed E-state index contributed by atoms with van der Waals surface area (Å²) >= 11 is 2.55. The van der Waals surface area contributed by atoms with Gasteiger partial charge in [-0.1, -0.05) is 23.9 Å². The van der Waals surface area contributed by atoms with Crippen LogP contribution in [0.15, 0.2) is 29.4 Å². The van der Waals surface area contributed by atoms with Crippen LogP contribution in [0.3, 0.4) is 0 Å². The highest BCUT2D eigenvalue weighted by atomic mass is 32.2. The molecule has 3 N–H and O–H groups in total. The lowest BCUT2D eigenvalue weighted by molar-refractivity contribution is 0.00599. The number of aromatic nitrogens is 2. The van der Waals surface area contributed by atoms with E-state index in [0.29, 0.717) is 11.0 Å². The summed E-state index contributed by atoms with van der Waals surface area (Å²) in [7, 11) is 0. The molecule has 29 heavy (non-hydrogen) atoms. The first-order valence-electron chi connectivity index (χ1n) is 9.04. The van der Waals surface area contributed by atoms with Gasteiger partial charge >= 0.3 is 0 Å². The Hall–Kier alpha value is -1.66. The number of rotatable bonds is 10. The number of benzene rings is 1. The highest BCUT2D eigenvalue weighted by Crippen LogP contribution is 2.28. The van der Waals surface area contributed by atoms with Gasteiger partial charge in [0.15, 0.2) is 16.8 Å². The largest absolute Gasteiger partial charge is 0.472 e. The van der Waals surface area contributed by atoms with Crippen molar-refractivity contribution < 1.29 is 23.7 Å². The van der Waals surface area contributed by atoms with Gasteiger partial charge in [0.1, 0.15) is 18.0 Å². The van der Waals surface area contributed by atoms with Gasteiger partial charge in [-0.25, -0.2) is 18.1 Å². The molecule has 1 aromatic heterocycles. The summed E-state index contributed by atoms with van der Waals surface area (Å²) in [6, 6.07) is 5.60. The fraction of sp³-hybridized carbons (Fsp3) is 0.444. The van der Waals surface area contributed by atoms with E-state index in [1.165, 1.54) is 24.3 Å². The quantitative estimate of drug-likeness (QED) is 0.291. The fourth-order valence-electron chi connectivity index (χ4n) is 2.29. The SMILES string of the molecule is CC(Oc1cc(NSN2CCC2)nc(SCc2cccc(F)c2F)n1)[C@H](O)CO. The molecule has 158 valence electrons. The first-order chi connectivity index (χ1) is 14.0. The molecule has 2 aromatic rings. The summed E-state index contributed by atoms with van der Waals surface area (Å²) in [6.07, 6.45) is -0.609. The van der Waals surface area contributed by atoms with E-state index in [1.807, 2.05) is 0 Å². The molecule has 1 fully saturated rings. The van der Waals surface area contributed by atoms with Crippen LogP contribution in [-0.2, 0) is 5.75 Å². The lowest BCUT2D eigenvalue weighted by Gasteiger charge is -2.28. The Balaban J connectivity index is 1.74. The molecular weight excluding hydrogens is 422 g/mol. The van der Waals surface area contributed by atoms with Gasteiger partial charge in [0.2, 0.25) is 5.88 Å². The van der Waals surface area contributed by atoms with Crippen LogP contribution in [0.4, 0.5) is 14.6 Å². The van der Waals surface area contributed by atoms with Gasteiger partial charge in [-0.05, 0) is 19.4 Å². The first kappa shape index (κ1) is 22.0. The van der Waals surface area contributed by atoms with Crippen molar-refractivity contribution >= 4 is 29.7 Å². The third-order valence-electron chi connectivity index (χ3n) is 4.20. The van der Waals surface area contributed by atoms with Crippen molar-refractivity contribution in [2.24, 2.45) is 0 Å². The monoisotopic (exact) mass is 444 g/mol. The molecule has 0 amide bonds. The summed E-state index contributed by atoms with van der Waals surface area (Å²) < 4.78 is 38.1. The second kappa shape index (κ2) is 10.4. The van der Waals surface area contributed by atoms with Gasteiger partial charge < -0.3 is 19.7 Å². The van der Waals surface area contributed by atoms with Crippen LogP contribution in [0.1, 0.15) is 18.9 Å². The number of aliphatic hydroxyl groups is 2. The Morgan fingerprint density at radius 2 is 2.10 bits per heavy atom. The molecule has 1 saturated heterocycles. The number of hydrogen-bond donors (Lipinski definition) is 3. The van der Waals surface area contributed by atoms with Crippen molar-refractivity contribution in [3.8, 4) is 5.88 Å².